The van der Waals surface area contributed by atoms with Crippen LogP contribution in [0, 0.1) is 5.92 Å². The number of ether oxygens (including phenoxy) is 1. The maximum atomic E-state index is 13.2. The lowest BCUT2D eigenvalue weighted by atomic mass is 10.0. The number of nitrogens with zero attached hydrogens (tertiary/aromatic N) is 3. The predicted molar refractivity (Wildman–Crippen MR) is 101 cm³/mol. The van der Waals surface area contributed by atoms with Crippen molar-refractivity contribution < 1.29 is 27.8 Å². The van der Waals surface area contributed by atoms with Gasteiger partial charge in [0, 0.05) is 24.1 Å². The molecule has 0 amide bonds. The molecule has 0 unspecified atom stereocenters. The topological polar surface area (TPSA) is 75.6 Å². The Morgan fingerprint density at radius 2 is 1.93 bits per heavy atom. The van der Waals surface area contributed by atoms with Gasteiger partial charge in [0.15, 0.2) is 0 Å². The summed E-state index contributed by atoms with van der Waals surface area (Å²) in [4.78, 5) is 19.5. The van der Waals surface area contributed by atoms with E-state index in [9.17, 15) is 18.0 Å². The van der Waals surface area contributed by atoms with Crippen LogP contribution in [-0.4, -0.2) is 40.4 Å². The molecule has 2 aromatic rings. The summed E-state index contributed by atoms with van der Waals surface area (Å²) >= 11 is 0. The fourth-order valence-corrected chi connectivity index (χ4v) is 2.81. The van der Waals surface area contributed by atoms with Crippen LogP contribution in [0.2, 0.25) is 0 Å². The molecule has 0 radical (unpaired) electrons. The minimum absolute atomic E-state index is 0.139. The van der Waals surface area contributed by atoms with E-state index < -0.39 is 18.7 Å². The molecule has 9 heteroatoms. The monoisotopic (exact) mass is 409 g/mol. The number of carboxylic acid groups (broad SMARTS) is 1. The number of hydrogen-bond donors (Lipinski definition) is 1. The molecular weight excluding hydrogens is 387 g/mol. The maximum Gasteiger partial charge on any atom is 0.406 e. The Kier molecular flexibility index (Phi) is 5.95. The van der Waals surface area contributed by atoms with E-state index >= 15 is 0 Å². The molecule has 1 aliphatic carbocycles. The van der Waals surface area contributed by atoms with E-state index in [0.717, 1.165) is 35.7 Å². The third-order valence-electron chi connectivity index (χ3n) is 4.57. The molecule has 0 saturated heterocycles. The molecule has 1 saturated carbocycles. The van der Waals surface area contributed by atoms with Crippen molar-refractivity contribution in [3.63, 3.8) is 0 Å². The van der Waals surface area contributed by atoms with Crippen LogP contribution >= 0.6 is 0 Å². The number of aromatic carboxylic acids is 1. The molecule has 1 aromatic heterocycles. The van der Waals surface area contributed by atoms with Crippen LogP contribution in [0.15, 0.2) is 30.6 Å². The van der Waals surface area contributed by atoms with Crippen LogP contribution in [0.25, 0.3) is 0 Å². The van der Waals surface area contributed by atoms with Crippen LogP contribution in [0.4, 0.5) is 24.8 Å². The van der Waals surface area contributed by atoms with Crippen molar-refractivity contribution in [1.82, 2.24) is 9.97 Å². The molecule has 3 rings (SSSR count). The summed E-state index contributed by atoms with van der Waals surface area (Å²) in [5.74, 6) is -0.315. The Balaban J connectivity index is 1.97. The minimum atomic E-state index is -4.51. The Morgan fingerprint density at radius 3 is 2.45 bits per heavy atom. The summed E-state index contributed by atoms with van der Waals surface area (Å²) in [6.07, 6.45) is -0.343. The summed E-state index contributed by atoms with van der Waals surface area (Å²) in [6, 6.07) is 4.88. The third kappa shape index (κ3) is 5.58. The van der Waals surface area contributed by atoms with Gasteiger partial charge in [-0.2, -0.15) is 13.2 Å². The molecule has 0 aliphatic heterocycles. The number of halogens is 3. The van der Waals surface area contributed by atoms with Gasteiger partial charge in [0.25, 0.3) is 0 Å². The molecule has 1 fully saturated rings. The van der Waals surface area contributed by atoms with Gasteiger partial charge in [-0.15, -0.1) is 0 Å². The van der Waals surface area contributed by atoms with Gasteiger partial charge >= 0.3 is 12.1 Å². The van der Waals surface area contributed by atoms with E-state index in [1.165, 1.54) is 0 Å². The Bertz CT molecular complexity index is 866. The Morgan fingerprint density at radius 1 is 1.28 bits per heavy atom. The number of rotatable bonds is 8. The van der Waals surface area contributed by atoms with Gasteiger partial charge in [-0.05, 0) is 36.3 Å². The van der Waals surface area contributed by atoms with Gasteiger partial charge in [0.1, 0.15) is 12.3 Å². The Hall–Kier alpha value is -2.84. The van der Waals surface area contributed by atoms with Crippen molar-refractivity contribution in [3.05, 3.63) is 41.7 Å². The van der Waals surface area contributed by atoms with Crippen LogP contribution < -0.4 is 9.64 Å². The zero-order valence-electron chi connectivity index (χ0n) is 16.1. The third-order valence-corrected chi connectivity index (χ3v) is 4.57. The SMILES string of the molecule is CC(C)c1ccc(N(CC(F)(F)F)c2ncc(C(=O)O)cn2)cc1OCC1CC1. The fraction of sp³-hybridized carbons (Fsp3) is 0.450. The lowest BCUT2D eigenvalue weighted by molar-refractivity contribution is -0.118. The zero-order valence-corrected chi connectivity index (χ0v) is 16.1. The number of carbonyl (C=O) groups is 1. The first-order chi connectivity index (χ1) is 13.6. The molecule has 1 aromatic carbocycles. The highest BCUT2D eigenvalue weighted by Gasteiger charge is 2.33. The molecule has 0 bridgehead atoms. The van der Waals surface area contributed by atoms with Crippen molar-refractivity contribution >= 4 is 17.6 Å². The van der Waals surface area contributed by atoms with Gasteiger partial charge in [0.05, 0.1) is 12.2 Å². The first-order valence-electron chi connectivity index (χ1n) is 9.30. The average molecular weight is 409 g/mol. The smallest absolute Gasteiger partial charge is 0.406 e. The van der Waals surface area contributed by atoms with E-state index in [-0.39, 0.29) is 23.1 Å². The van der Waals surface area contributed by atoms with Gasteiger partial charge in [-0.25, -0.2) is 14.8 Å². The summed E-state index contributed by atoms with van der Waals surface area (Å²) in [7, 11) is 0. The molecule has 6 nitrogen and oxygen atoms in total. The number of hydrogen-bond acceptors (Lipinski definition) is 5. The van der Waals surface area contributed by atoms with E-state index in [1.807, 2.05) is 13.8 Å². The maximum absolute atomic E-state index is 13.2. The van der Waals surface area contributed by atoms with Crippen molar-refractivity contribution in [2.24, 2.45) is 5.92 Å². The predicted octanol–water partition coefficient (Wildman–Crippen LogP) is 4.79. The summed E-state index contributed by atoms with van der Waals surface area (Å²) in [6.45, 7) is 3.19. The van der Waals surface area contributed by atoms with Crippen molar-refractivity contribution in [2.45, 2.75) is 38.8 Å². The van der Waals surface area contributed by atoms with Crippen molar-refractivity contribution in [1.29, 1.82) is 0 Å². The van der Waals surface area contributed by atoms with E-state index in [1.54, 1.807) is 18.2 Å². The first kappa shape index (κ1) is 20.9. The molecule has 1 aliphatic rings. The zero-order chi connectivity index (χ0) is 21.2. The van der Waals surface area contributed by atoms with Gasteiger partial charge in [-0.1, -0.05) is 19.9 Å². The second-order valence-electron chi connectivity index (χ2n) is 7.41. The average Bonchev–Trinajstić information content (AvgIpc) is 3.48. The van der Waals surface area contributed by atoms with Crippen LogP contribution in [0.5, 0.6) is 5.75 Å². The molecule has 29 heavy (non-hydrogen) atoms. The minimum Gasteiger partial charge on any atom is -0.493 e. The lowest BCUT2D eigenvalue weighted by Crippen LogP contribution is -2.32. The second-order valence-corrected chi connectivity index (χ2v) is 7.41. The van der Waals surface area contributed by atoms with E-state index in [0.29, 0.717) is 18.3 Å². The van der Waals surface area contributed by atoms with Crippen LogP contribution in [0.1, 0.15) is 48.5 Å². The molecule has 0 spiro atoms. The lowest BCUT2D eigenvalue weighted by Gasteiger charge is -2.25. The van der Waals surface area contributed by atoms with E-state index in [4.69, 9.17) is 9.84 Å². The standard InChI is InChI=1S/C20H22F3N3O3/c1-12(2)16-6-5-15(7-17(16)29-10-13-3-4-13)26(11-20(21,22)23)19-24-8-14(9-25-19)18(27)28/h5-9,12-13H,3-4,10-11H2,1-2H3,(H,27,28). The highest BCUT2D eigenvalue weighted by Crippen LogP contribution is 2.36. The summed E-state index contributed by atoms with van der Waals surface area (Å²) < 4.78 is 45.6. The molecule has 1 N–H and O–H groups in total. The normalized spacial score (nSPS) is 14.1. The number of carboxylic acids is 1. The highest BCUT2D eigenvalue weighted by atomic mass is 19.4. The molecule has 1 heterocycles. The number of anilines is 2. The van der Waals surface area contributed by atoms with Crippen molar-refractivity contribution in [2.75, 3.05) is 18.1 Å². The van der Waals surface area contributed by atoms with E-state index in [2.05, 4.69) is 9.97 Å². The molecular formula is C20H22F3N3O3. The second kappa shape index (κ2) is 8.26. The number of aromatic nitrogens is 2. The van der Waals surface area contributed by atoms with Crippen LogP contribution in [0.3, 0.4) is 0 Å². The first-order valence-corrected chi connectivity index (χ1v) is 9.30. The molecule has 0 atom stereocenters. The summed E-state index contributed by atoms with van der Waals surface area (Å²) in [5, 5.41) is 8.96. The Labute approximate surface area is 166 Å². The summed E-state index contributed by atoms with van der Waals surface area (Å²) in [5.41, 5.74) is 0.924. The fourth-order valence-electron chi connectivity index (χ4n) is 2.81. The van der Waals surface area contributed by atoms with Gasteiger partial charge in [0.2, 0.25) is 5.95 Å². The largest absolute Gasteiger partial charge is 0.493 e. The van der Waals surface area contributed by atoms with Gasteiger partial charge in [-0.3, -0.25) is 0 Å². The molecule has 156 valence electrons. The van der Waals surface area contributed by atoms with Crippen LogP contribution in [-0.2, 0) is 0 Å². The number of benzene rings is 1. The quantitative estimate of drug-likeness (QED) is 0.676. The number of alkyl halides is 3. The van der Waals surface area contributed by atoms with Gasteiger partial charge < -0.3 is 14.7 Å². The van der Waals surface area contributed by atoms with Crippen molar-refractivity contribution in [3.8, 4) is 5.75 Å². The highest BCUT2D eigenvalue weighted by molar-refractivity contribution is 5.86.